The molecule has 28 heavy (non-hydrogen) atoms. The molecule has 1 aromatic heterocycles. The van der Waals surface area contributed by atoms with Crippen molar-refractivity contribution >= 4 is 17.7 Å². The second kappa shape index (κ2) is 8.77. The zero-order valence-corrected chi connectivity index (χ0v) is 16.2. The van der Waals surface area contributed by atoms with Crippen molar-refractivity contribution in [2.24, 2.45) is 0 Å². The number of aromatic nitrogens is 1. The highest BCUT2D eigenvalue weighted by Crippen LogP contribution is 2.18. The SMILES string of the molecule is C[C@H](NC(=O)OC(C)(C)C)C(=O)Nc1cccnc1Cc1cc(F)cc(F)c1. The number of hydrogen-bond donors (Lipinski definition) is 2. The standard InChI is InChI=1S/C20H23F2N3O3/c1-12(24-19(27)28-20(2,3)4)18(26)25-16-6-5-7-23-17(16)10-13-8-14(21)11-15(22)9-13/h5-9,11-12H,10H2,1-4H3,(H,24,27)(H,25,26)/t12-/m0/s1. The smallest absolute Gasteiger partial charge is 0.408 e. The van der Waals surface area contributed by atoms with Gasteiger partial charge in [-0.05, 0) is 57.5 Å². The molecular weight excluding hydrogens is 368 g/mol. The predicted molar refractivity (Wildman–Crippen MR) is 101 cm³/mol. The van der Waals surface area contributed by atoms with Crippen LogP contribution in [0.25, 0.3) is 0 Å². The number of carbonyl (C=O) groups excluding carboxylic acids is 2. The summed E-state index contributed by atoms with van der Waals surface area (Å²) in [6, 6.07) is 5.57. The predicted octanol–water partition coefficient (Wildman–Crippen LogP) is 3.80. The molecule has 0 aliphatic rings. The maximum atomic E-state index is 13.4. The van der Waals surface area contributed by atoms with Gasteiger partial charge < -0.3 is 15.4 Å². The summed E-state index contributed by atoms with van der Waals surface area (Å²) in [7, 11) is 0. The number of ether oxygens (including phenoxy) is 1. The molecule has 0 radical (unpaired) electrons. The first-order valence-electron chi connectivity index (χ1n) is 8.73. The summed E-state index contributed by atoms with van der Waals surface area (Å²) in [5.41, 5.74) is 0.517. The lowest BCUT2D eigenvalue weighted by atomic mass is 10.1. The molecule has 2 amide bonds. The van der Waals surface area contributed by atoms with Gasteiger partial charge in [0.25, 0.3) is 0 Å². The van der Waals surface area contributed by atoms with Crippen molar-refractivity contribution in [2.45, 2.75) is 45.8 Å². The molecule has 8 heteroatoms. The number of anilines is 1. The van der Waals surface area contributed by atoms with Crippen molar-refractivity contribution in [1.29, 1.82) is 0 Å². The summed E-state index contributed by atoms with van der Waals surface area (Å²) >= 11 is 0. The fraction of sp³-hybridized carbons (Fsp3) is 0.350. The van der Waals surface area contributed by atoms with E-state index in [9.17, 15) is 18.4 Å². The Kier molecular flexibility index (Phi) is 6.66. The van der Waals surface area contributed by atoms with Crippen molar-refractivity contribution in [2.75, 3.05) is 5.32 Å². The Balaban J connectivity index is 2.07. The van der Waals surface area contributed by atoms with E-state index in [4.69, 9.17) is 4.74 Å². The van der Waals surface area contributed by atoms with Gasteiger partial charge in [-0.3, -0.25) is 9.78 Å². The van der Waals surface area contributed by atoms with E-state index in [0.29, 0.717) is 16.9 Å². The average Bonchev–Trinajstić information content (AvgIpc) is 2.53. The van der Waals surface area contributed by atoms with Gasteiger partial charge in [-0.15, -0.1) is 0 Å². The first kappa shape index (κ1) is 21.3. The topological polar surface area (TPSA) is 80.3 Å². The molecule has 0 aliphatic heterocycles. The minimum absolute atomic E-state index is 0.124. The van der Waals surface area contributed by atoms with E-state index >= 15 is 0 Å². The van der Waals surface area contributed by atoms with E-state index in [-0.39, 0.29) is 6.42 Å². The highest BCUT2D eigenvalue weighted by Gasteiger charge is 2.21. The van der Waals surface area contributed by atoms with Crippen LogP contribution >= 0.6 is 0 Å². The number of hydrogen-bond acceptors (Lipinski definition) is 4. The number of halogens is 2. The lowest BCUT2D eigenvalue weighted by Crippen LogP contribution is -2.44. The van der Waals surface area contributed by atoms with Crippen molar-refractivity contribution in [3.8, 4) is 0 Å². The molecule has 0 bridgehead atoms. The van der Waals surface area contributed by atoms with Crippen LogP contribution in [0.5, 0.6) is 0 Å². The quantitative estimate of drug-likeness (QED) is 0.812. The maximum Gasteiger partial charge on any atom is 0.408 e. The van der Waals surface area contributed by atoms with E-state index in [1.54, 1.807) is 32.9 Å². The summed E-state index contributed by atoms with van der Waals surface area (Å²) in [6.07, 6.45) is 0.930. The molecule has 0 aliphatic carbocycles. The molecule has 150 valence electrons. The molecule has 0 saturated carbocycles. The Morgan fingerprint density at radius 3 is 2.43 bits per heavy atom. The highest BCUT2D eigenvalue weighted by atomic mass is 19.1. The van der Waals surface area contributed by atoms with Crippen LogP contribution < -0.4 is 10.6 Å². The Labute approximate surface area is 162 Å². The van der Waals surface area contributed by atoms with Gasteiger partial charge >= 0.3 is 6.09 Å². The van der Waals surface area contributed by atoms with Crippen LogP contribution in [0.1, 0.15) is 39.0 Å². The average molecular weight is 391 g/mol. The van der Waals surface area contributed by atoms with Gasteiger partial charge in [0.1, 0.15) is 23.3 Å². The molecule has 0 unspecified atom stereocenters. The molecule has 1 heterocycles. The minimum atomic E-state index is -0.866. The first-order chi connectivity index (χ1) is 13.0. The lowest BCUT2D eigenvalue weighted by molar-refractivity contribution is -0.117. The second-order valence-corrected chi connectivity index (χ2v) is 7.31. The van der Waals surface area contributed by atoms with Crippen LogP contribution in [0.15, 0.2) is 36.5 Å². The Morgan fingerprint density at radius 2 is 1.82 bits per heavy atom. The lowest BCUT2D eigenvalue weighted by Gasteiger charge is -2.22. The Bertz CT molecular complexity index is 846. The third kappa shape index (κ3) is 6.61. The van der Waals surface area contributed by atoms with Gasteiger partial charge in [0.15, 0.2) is 0 Å². The van der Waals surface area contributed by atoms with Crippen molar-refractivity contribution in [3.63, 3.8) is 0 Å². The van der Waals surface area contributed by atoms with E-state index in [2.05, 4.69) is 15.6 Å². The fourth-order valence-electron chi connectivity index (χ4n) is 2.39. The van der Waals surface area contributed by atoms with Gasteiger partial charge in [-0.25, -0.2) is 13.6 Å². The molecule has 0 saturated heterocycles. The Morgan fingerprint density at radius 1 is 1.18 bits per heavy atom. The van der Waals surface area contributed by atoms with Crippen molar-refractivity contribution < 1.29 is 23.1 Å². The van der Waals surface area contributed by atoms with E-state index in [1.165, 1.54) is 25.3 Å². The molecule has 0 spiro atoms. The maximum absolute atomic E-state index is 13.4. The second-order valence-electron chi connectivity index (χ2n) is 7.31. The number of nitrogens with one attached hydrogen (secondary N) is 2. The summed E-state index contributed by atoms with van der Waals surface area (Å²) in [4.78, 5) is 28.4. The van der Waals surface area contributed by atoms with Crippen LogP contribution in [-0.2, 0) is 16.0 Å². The van der Waals surface area contributed by atoms with Crippen LogP contribution in [-0.4, -0.2) is 28.6 Å². The number of alkyl carbamates (subject to hydrolysis) is 1. The normalized spacial score (nSPS) is 12.2. The van der Waals surface area contributed by atoms with Gasteiger partial charge in [-0.2, -0.15) is 0 Å². The largest absolute Gasteiger partial charge is 0.444 e. The highest BCUT2D eigenvalue weighted by molar-refractivity contribution is 5.96. The van der Waals surface area contributed by atoms with Crippen LogP contribution in [0.2, 0.25) is 0 Å². The Hall–Kier alpha value is -3.03. The van der Waals surface area contributed by atoms with Crippen molar-refractivity contribution in [1.82, 2.24) is 10.3 Å². The first-order valence-corrected chi connectivity index (χ1v) is 8.73. The molecule has 2 rings (SSSR count). The van der Waals surface area contributed by atoms with Gasteiger partial charge in [0, 0.05) is 18.7 Å². The number of carbonyl (C=O) groups is 2. The van der Waals surface area contributed by atoms with Gasteiger partial charge in [0.05, 0.1) is 11.4 Å². The van der Waals surface area contributed by atoms with E-state index in [0.717, 1.165) is 6.07 Å². The summed E-state index contributed by atoms with van der Waals surface area (Å²) in [5, 5.41) is 5.12. The number of benzene rings is 1. The number of rotatable bonds is 5. The van der Waals surface area contributed by atoms with Gasteiger partial charge in [-0.1, -0.05) is 0 Å². The van der Waals surface area contributed by atoms with E-state index < -0.39 is 35.3 Å². The molecule has 1 atom stereocenters. The summed E-state index contributed by atoms with van der Waals surface area (Å²) in [6.45, 7) is 6.66. The fourth-order valence-corrected chi connectivity index (χ4v) is 2.39. The molecule has 2 N–H and O–H groups in total. The monoisotopic (exact) mass is 391 g/mol. The van der Waals surface area contributed by atoms with Crippen LogP contribution in [0, 0.1) is 11.6 Å². The van der Waals surface area contributed by atoms with E-state index in [1.807, 2.05) is 0 Å². The van der Waals surface area contributed by atoms with Gasteiger partial charge in [0.2, 0.25) is 5.91 Å². The third-order valence-corrected chi connectivity index (χ3v) is 3.57. The molecule has 6 nitrogen and oxygen atoms in total. The molecule has 0 fully saturated rings. The van der Waals surface area contributed by atoms with Crippen LogP contribution in [0.4, 0.5) is 19.3 Å². The van der Waals surface area contributed by atoms with Crippen LogP contribution in [0.3, 0.4) is 0 Å². The minimum Gasteiger partial charge on any atom is -0.444 e. The number of pyridine rings is 1. The number of nitrogens with zero attached hydrogens (tertiary/aromatic N) is 1. The summed E-state index contributed by atoms with van der Waals surface area (Å²) in [5.74, 6) is -1.86. The zero-order valence-electron chi connectivity index (χ0n) is 16.2. The molecular formula is C20H23F2N3O3. The zero-order chi connectivity index (χ0) is 20.9. The number of amides is 2. The van der Waals surface area contributed by atoms with Crippen molar-refractivity contribution in [3.05, 3.63) is 59.4 Å². The molecule has 2 aromatic rings. The summed E-state index contributed by atoms with van der Waals surface area (Å²) < 4.78 is 31.9. The third-order valence-electron chi connectivity index (χ3n) is 3.57. The molecule has 1 aromatic carbocycles.